The van der Waals surface area contributed by atoms with Crippen LogP contribution < -0.4 is 0 Å². The maximum absolute atomic E-state index is 12.9. The Balaban J connectivity index is 1.42. The lowest BCUT2D eigenvalue weighted by Gasteiger charge is -2.33. The number of hydrogen-bond acceptors (Lipinski definition) is 5. The summed E-state index contributed by atoms with van der Waals surface area (Å²) in [7, 11) is 0. The molecule has 132 valence electrons. The Kier molecular flexibility index (Phi) is 4.64. The first-order valence-electron chi connectivity index (χ1n) is 9.06. The van der Waals surface area contributed by atoms with Gasteiger partial charge in [-0.15, -0.1) is 11.3 Å². The Labute approximate surface area is 147 Å². The Morgan fingerprint density at radius 1 is 1.25 bits per heavy atom. The molecule has 1 aromatic rings. The number of rotatable bonds is 3. The van der Waals surface area contributed by atoms with Crippen molar-refractivity contribution in [1.82, 2.24) is 9.80 Å². The zero-order valence-electron chi connectivity index (χ0n) is 14.1. The summed E-state index contributed by atoms with van der Waals surface area (Å²) in [4.78, 5) is 18.5. The molecule has 1 aliphatic carbocycles. The van der Waals surface area contributed by atoms with Crippen LogP contribution in [-0.4, -0.2) is 72.4 Å². The molecule has 3 heterocycles. The Hall–Kier alpha value is -0.950. The van der Waals surface area contributed by atoms with E-state index in [9.17, 15) is 9.90 Å². The first kappa shape index (κ1) is 16.5. The van der Waals surface area contributed by atoms with E-state index in [0.29, 0.717) is 26.1 Å². The number of β-amino-alcohol motifs (C(OH)–C–C–N with tert-alkyl or cyclic N) is 1. The SMILES string of the molecule is O=C(c1csc2c1CCCC2)N1CCC(O)(CN2CCOCC2)C1. The second kappa shape index (κ2) is 6.75. The van der Waals surface area contributed by atoms with Gasteiger partial charge in [0.25, 0.3) is 5.91 Å². The Bertz CT molecular complexity index is 611. The average Bonchev–Trinajstić information content (AvgIpc) is 3.19. The van der Waals surface area contributed by atoms with Gasteiger partial charge in [0.15, 0.2) is 0 Å². The van der Waals surface area contributed by atoms with Crippen LogP contribution in [-0.2, 0) is 17.6 Å². The molecule has 1 unspecified atom stereocenters. The third-order valence-electron chi connectivity index (χ3n) is 5.53. The summed E-state index contributed by atoms with van der Waals surface area (Å²) in [6, 6.07) is 0. The molecule has 2 aliphatic heterocycles. The number of nitrogens with zero attached hydrogens (tertiary/aromatic N) is 2. The molecule has 0 aromatic carbocycles. The molecule has 24 heavy (non-hydrogen) atoms. The van der Waals surface area contributed by atoms with Gasteiger partial charge < -0.3 is 14.7 Å². The fourth-order valence-corrected chi connectivity index (χ4v) is 5.30. The molecule has 1 atom stereocenters. The third-order valence-corrected chi connectivity index (χ3v) is 6.62. The van der Waals surface area contributed by atoms with E-state index in [-0.39, 0.29) is 5.91 Å². The molecule has 0 bridgehead atoms. The molecular weight excluding hydrogens is 324 g/mol. The zero-order valence-corrected chi connectivity index (χ0v) is 14.9. The number of likely N-dealkylation sites (tertiary alicyclic amines) is 1. The number of morpholine rings is 1. The van der Waals surface area contributed by atoms with Gasteiger partial charge in [-0.2, -0.15) is 0 Å². The summed E-state index contributed by atoms with van der Waals surface area (Å²) >= 11 is 1.74. The lowest BCUT2D eigenvalue weighted by Crippen LogP contribution is -2.49. The number of ether oxygens (including phenoxy) is 1. The minimum Gasteiger partial charge on any atom is -0.387 e. The van der Waals surface area contributed by atoms with E-state index in [4.69, 9.17) is 4.74 Å². The van der Waals surface area contributed by atoms with Gasteiger partial charge in [-0.05, 0) is 37.7 Å². The maximum atomic E-state index is 12.9. The van der Waals surface area contributed by atoms with Gasteiger partial charge in [-0.25, -0.2) is 0 Å². The van der Waals surface area contributed by atoms with E-state index in [1.54, 1.807) is 11.3 Å². The first-order valence-corrected chi connectivity index (χ1v) is 9.94. The van der Waals surface area contributed by atoms with Crippen molar-refractivity contribution >= 4 is 17.2 Å². The van der Waals surface area contributed by atoms with Crippen LogP contribution in [0.4, 0.5) is 0 Å². The Morgan fingerprint density at radius 3 is 2.88 bits per heavy atom. The van der Waals surface area contributed by atoms with Crippen LogP contribution in [0.5, 0.6) is 0 Å². The van der Waals surface area contributed by atoms with Gasteiger partial charge in [-0.1, -0.05) is 0 Å². The topological polar surface area (TPSA) is 53.0 Å². The molecule has 1 N–H and O–H groups in total. The minimum atomic E-state index is -0.775. The lowest BCUT2D eigenvalue weighted by atomic mass is 9.95. The summed E-state index contributed by atoms with van der Waals surface area (Å²) in [5.74, 6) is 0.118. The summed E-state index contributed by atoms with van der Waals surface area (Å²) in [6.45, 7) is 4.96. The number of carbonyl (C=O) groups is 1. The molecule has 2 fully saturated rings. The van der Waals surface area contributed by atoms with E-state index in [1.807, 2.05) is 10.3 Å². The van der Waals surface area contributed by atoms with Crippen LogP contribution in [0.25, 0.3) is 0 Å². The summed E-state index contributed by atoms with van der Waals surface area (Å²) in [5.41, 5.74) is 1.40. The second-order valence-electron chi connectivity index (χ2n) is 7.35. The number of aryl methyl sites for hydroxylation is 1. The first-order chi connectivity index (χ1) is 11.6. The van der Waals surface area contributed by atoms with Crippen molar-refractivity contribution in [3.63, 3.8) is 0 Å². The molecule has 6 heteroatoms. The van der Waals surface area contributed by atoms with Crippen LogP contribution in [0.15, 0.2) is 5.38 Å². The lowest BCUT2D eigenvalue weighted by molar-refractivity contribution is -0.0257. The van der Waals surface area contributed by atoms with Gasteiger partial charge in [0.05, 0.1) is 30.9 Å². The molecule has 4 rings (SSSR count). The minimum absolute atomic E-state index is 0.118. The van der Waals surface area contributed by atoms with Crippen LogP contribution in [0, 0.1) is 0 Å². The standard InChI is InChI=1S/C18H26N2O3S/c21-17(15-11-24-16-4-2-1-3-14(15)16)20-6-5-18(22,13-20)12-19-7-9-23-10-8-19/h11,22H,1-10,12-13H2. The molecule has 2 saturated heterocycles. The van der Waals surface area contributed by atoms with Crippen molar-refractivity contribution in [2.24, 2.45) is 0 Å². The molecule has 5 nitrogen and oxygen atoms in total. The maximum Gasteiger partial charge on any atom is 0.255 e. The normalized spacial score (nSPS) is 28.1. The van der Waals surface area contributed by atoms with Gasteiger partial charge in [-0.3, -0.25) is 9.69 Å². The molecule has 0 spiro atoms. The van der Waals surface area contributed by atoms with E-state index in [1.165, 1.54) is 23.3 Å². The highest BCUT2D eigenvalue weighted by Crippen LogP contribution is 2.32. The fourth-order valence-electron chi connectivity index (χ4n) is 4.18. The highest BCUT2D eigenvalue weighted by molar-refractivity contribution is 7.10. The van der Waals surface area contributed by atoms with Gasteiger partial charge in [0.1, 0.15) is 0 Å². The molecule has 1 aromatic heterocycles. The van der Waals surface area contributed by atoms with Crippen molar-refractivity contribution < 1.29 is 14.6 Å². The smallest absolute Gasteiger partial charge is 0.255 e. The van der Waals surface area contributed by atoms with E-state index >= 15 is 0 Å². The molecule has 0 radical (unpaired) electrons. The summed E-state index contributed by atoms with van der Waals surface area (Å²) in [6.07, 6.45) is 5.25. The van der Waals surface area contributed by atoms with Crippen LogP contribution >= 0.6 is 11.3 Å². The number of fused-ring (bicyclic) bond motifs is 1. The van der Waals surface area contributed by atoms with Crippen molar-refractivity contribution in [3.05, 3.63) is 21.4 Å². The van der Waals surface area contributed by atoms with Crippen molar-refractivity contribution in [1.29, 1.82) is 0 Å². The average molecular weight is 350 g/mol. The van der Waals surface area contributed by atoms with Gasteiger partial charge >= 0.3 is 0 Å². The van der Waals surface area contributed by atoms with Crippen LogP contribution in [0.2, 0.25) is 0 Å². The van der Waals surface area contributed by atoms with Crippen molar-refractivity contribution in [2.45, 2.75) is 37.7 Å². The monoisotopic (exact) mass is 350 g/mol. The third kappa shape index (κ3) is 3.25. The molecule has 3 aliphatic rings. The number of hydrogen-bond donors (Lipinski definition) is 1. The molecule has 1 amide bonds. The number of aliphatic hydroxyl groups is 1. The van der Waals surface area contributed by atoms with Gasteiger partial charge in [0.2, 0.25) is 0 Å². The summed E-state index contributed by atoms with van der Waals surface area (Å²) in [5, 5.41) is 13.0. The summed E-state index contributed by atoms with van der Waals surface area (Å²) < 4.78 is 5.37. The highest BCUT2D eigenvalue weighted by Gasteiger charge is 2.40. The number of amides is 1. The largest absolute Gasteiger partial charge is 0.387 e. The Morgan fingerprint density at radius 2 is 2.04 bits per heavy atom. The van der Waals surface area contributed by atoms with Gasteiger partial charge in [0, 0.05) is 36.4 Å². The van der Waals surface area contributed by atoms with E-state index in [2.05, 4.69) is 4.90 Å². The molecular formula is C18H26N2O3S. The second-order valence-corrected chi connectivity index (χ2v) is 8.31. The number of carbonyl (C=O) groups excluding carboxylic acids is 1. The van der Waals surface area contributed by atoms with Crippen LogP contribution in [0.1, 0.15) is 40.1 Å². The zero-order chi connectivity index (χ0) is 16.6. The molecule has 0 saturated carbocycles. The van der Waals surface area contributed by atoms with Crippen molar-refractivity contribution in [3.8, 4) is 0 Å². The quantitative estimate of drug-likeness (QED) is 0.898. The predicted molar refractivity (Wildman–Crippen MR) is 93.7 cm³/mol. The van der Waals surface area contributed by atoms with E-state index < -0.39 is 5.60 Å². The van der Waals surface area contributed by atoms with Crippen LogP contribution in [0.3, 0.4) is 0 Å². The predicted octanol–water partition coefficient (Wildman–Crippen LogP) is 1.54. The van der Waals surface area contributed by atoms with Crippen molar-refractivity contribution in [2.75, 3.05) is 45.9 Å². The number of thiophene rings is 1. The highest BCUT2D eigenvalue weighted by atomic mass is 32.1. The van der Waals surface area contributed by atoms with E-state index in [0.717, 1.165) is 44.7 Å². The fraction of sp³-hybridized carbons (Fsp3) is 0.722.